The molecule has 0 unspecified atom stereocenters. The molecule has 0 saturated carbocycles. The smallest absolute Gasteiger partial charge is 0.311 e. The summed E-state index contributed by atoms with van der Waals surface area (Å²) < 4.78 is 6.36. The van der Waals surface area contributed by atoms with Crippen molar-refractivity contribution in [1.29, 1.82) is 0 Å². The molecule has 1 aromatic carbocycles. The van der Waals surface area contributed by atoms with Crippen LogP contribution in [0.2, 0.25) is 0 Å². The number of halogens is 1. The molecule has 5 nitrogen and oxygen atoms in total. The van der Waals surface area contributed by atoms with Crippen molar-refractivity contribution in [2.24, 2.45) is 0 Å². The summed E-state index contributed by atoms with van der Waals surface area (Å²) in [6.45, 7) is 2.86. The average Bonchev–Trinajstić information content (AvgIpc) is 2.82. The highest BCUT2D eigenvalue weighted by Crippen LogP contribution is 2.30. The van der Waals surface area contributed by atoms with Crippen LogP contribution in [0.5, 0.6) is 5.75 Å². The Kier molecular flexibility index (Phi) is 4.97. The van der Waals surface area contributed by atoms with Gasteiger partial charge in [-0.15, -0.1) is 11.3 Å². The van der Waals surface area contributed by atoms with E-state index in [-0.39, 0.29) is 11.4 Å². The van der Waals surface area contributed by atoms with Gasteiger partial charge in [-0.25, -0.2) is 0 Å². The highest BCUT2D eigenvalue weighted by molar-refractivity contribution is 9.10. The molecule has 0 fully saturated rings. The number of nitro groups is 1. The third-order valence-corrected chi connectivity index (χ3v) is 4.24. The number of benzene rings is 1. The number of rotatable bonds is 6. The SMILES string of the molecule is CCOc1cc(NCc2cc(Br)cs2)ccc1[N+](=O)[O-]. The molecule has 106 valence electrons. The number of hydrogen-bond donors (Lipinski definition) is 1. The van der Waals surface area contributed by atoms with E-state index in [9.17, 15) is 10.1 Å². The third-order valence-electron chi connectivity index (χ3n) is 2.54. The van der Waals surface area contributed by atoms with Crippen LogP contribution in [-0.2, 0) is 6.54 Å². The van der Waals surface area contributed by atoms with E-state index in [1.54, 1.807) is 30.4 Å². The second kappa shape index (κ2) is 6.71. The topological polar surface area (TPSA) is 64.4 Å². The van der Waals surface area contributed by atoms with Gasteiger partial charge in [0.1, 0.15) is 0 Å². The Hall–Kier alpha value is -1.60. The standard InChI is InChI=1S/C13H13BrN2O3S/c1-2-19-13-6-10(3-4-12(13)16(17)18)15-7-11-5-9(14)8-20-11/h3-6,8,15H,2,7H2,1H3. The maximum absolute atomic E-state index is 10.9. The summed E-state index contributed by atoms with van der Waals surface area (Å²) in [7, 11) is 0. The largest absolute Gasteiger partial charge is 0.487 e. The fraction of sp³-hybridized carbons (Fsp3) is 0.231. The van der Waals surface area contributed by atoms with Gasteiger partial charge in [-0.05, 0) is 35.0 Å². The van der Waals surface area contributed by atoms with Crippen LogP contribution in [0.3, 0.4) is 0 Å². The van der Waals surface area contributed by atoms with Crippen molar-refractivity contribution < 1.29 is 9.66 Å². The van der Waals surface area contributed by atoms with Gasteiger partial charge in [-0.1, -0.05) is 0 Å². The summed E-state index contributed by atoms with van der Waals surface area (Å²) in [5, 5.41) is 16.1. The lowest BCUT2D eigenvalue weighted by atomic mass is 10.2. The van der Waals surface area contributed by atoms with Crippen LogP contribution in [0.1, 0.15) is 11.8 Å². The first-order valence-electron chi connectivity index (χ1n) is 5.98. The first-order valence-corrected chi connectivity index (χ1v) is 7.65. The minimum atomic E-state index is -0.439. The Morgan fingerprint density at radius 3 is 2.85 bits per heavy atom. The van der Waals surface area contributed by atoms with Crippen molar-refractivity contribution in [2.45, 2.75) is 13.5 Å². The van der Waals surface area contributed by atoms with Gasteiger partial charge < -0.3 is 10.1 Å². The zero-order valence-corrected chi connectivity index (χ0v) is 13.2. The van der Waals surface area contributed by atoms with Gasteiger partial charge in [-0.3, -0.25) is 10.1 Å². The maximum Gasteiger partial charge on any atom is 0.311 e. The predicted molar refractivity (Wildman–Crippen MR) is 83.6 cm³/mol. The molecule has 0 aliphatic rings. The first-order chi connectivity index (χ1) is 9.60. The van der Waals surface area contributed by atoms with Crippen LogP contribution < -0.4 is 10.1 Å². The molecule has 1 N–H and O–H groups in total. The minimum absolute atomic E-state index is 0.0173. The number of ether oxygens (including phenoxy) is 1. The van der Waals surface area contributed by atoms with Gasteiger partial charge in [0.05, 0.1) is 11.5 Å². The summed E-state index contributed by atoms with van der Waals surface area (Å²) >= 11 is 5.05. The summed E-state index contributed by atoms with van der Waals surface area (Å²) in [6, 6.07) is 6.83. The summed E-state index contributed by atoms with van der Waals surface area (Å²) in [5.74, 6) is 0.287. The zero-order chi connectivity index (χ0) is 14.5. The molecular formula is C13H13BrN2O3S. The Bertz CT molecular complexity index is 615. The van der Waals surface area contributed by atoms with E-state index in [1.165, 1.54) is 10.9 Å². The van der Waals surface area contributed by atoms with E-state index < -0.39 is 4.92 Å². The van der Waals surface area contributed by atoms with Gasteiger partial charge in [-0.2, -0.15) is 0 Å². The highest BCUT2D eigenvalue weighted by Gasteiger charge is 2.15. The molecule has 0 amide bonds. The number of anilines is 1. The van der Waals surface area contributed by atoms with Gasteiger partial charge in [0.25, 0.3) is 0 Å². The van der Waals surface area contributed by atoms with Crippen molar-refractivity contribution >= 4 is 38.6 Å². The molecule has 0 bridgehead atoms. The van der Waals surface area contributed by atoms with Crippen molar-refractivity contribution in [3.63, 3.8) is 0 Å². The molecule has 20 heavy (non-hydrogen) atoms. The summed E-state index contributed by atoms with van der Waals surface area (Å²) in [5.41, 5.74) is 0.778. The molecule has 1 heterocycles. The quantitative estimate of drug-likeness (QED) is 0.614. The predicted octanol–water partition coefficient (Wildman–Crippen LogP) is 4.43. The molecule has 0 aliphatic heterocycles. The fourth-order valence-corrected chi connectivity index (χ4v) is 3.07. The van der Waals surface area contributed by atoms with Crippen LogP contribution in [0, 0.1) is 10.1 Å². The lowest BCUT2D eigenvalue weighted by Crippen LogP contribution is -2.01. The summed E-state index contributed by atoms with van der Waals surface area (Å²) in [6.07, 6.45) is 0. The van der Waals surface area contributed by atoms with Gasteiger partial charge >= 0.3 is 5.69 Å². The van der Waals surface area contributed by atoms with Crippen LogP contribution in [0.4, 0.5) is 11.4 Å². The van der Waals surface area contributed by atoms with E-state index >= 15 is 0 Å². The summed E-state index contributed by atoms with van der Waals surface area (Å²) in [4.78, 5) is 11.6. The monoisotopic (exact) mass is 356 g/mol. The average molecular weight is 357 g/mol. The first kappa shape index (κ1) is 14.8. The molecule has 0 aliphatic carbocycles. The van der Waals surface area contributed by atoms with E-state index in [2.05, 4.69) is 21.2 Å². The Balaban J connectivity index is 2.12. The maximum atomic E-state index is 10.9. The number of nitrogens with one attached hydrogen (secondary N) is 1. The minimum Gasteiger partial charge on any atom is -0.487 e. The molecule has 7 heteroatoms. The van der Waals surface area contributed by atoms with E-state index in [4.69, 9.17) is 4.74 Å². The molecular weight excluding hydrogens is 344 g/mol. The van der Waals surface area contributed by atoms with E-state index in [1.807, 2.05) is 11.4 Å². The second-order valence-electron chi connectivity index (χ2n) is 3.96. The van der Waals surface area contributed by atoms with Crippen molar-refractivity contribution in [2.75, 3.05) is 11.9 Å². The van der Waals surface area contributed by atoms with Crippen LogP contribution in [-0.4, -0.2) is 11.5 Å². The fourth-order valence-electron chi connectivity index (χ4n) is 1.68. The lowest BCUT2D eigenvalue weighted by molar-refractivity contribution is -0.385. The Morgan fingerprint density at radius 2 is 2.25 bits per heavy atom. The number of thiophene rings is 1. The third kappa shape index (κ3) is 3.71. The molecule has 0 saturated heterocycles. The molecule has 1 aromatic heterocycles. The van der Waals surface area contributed by atoms with Crippen LogP contribution in [0.15, 0.2) is 34.1 Å². The van der Waals surface area contributed by atoms with Gasteiger partial charge in [0, 0.05) is 39.1 Å². The van der Waals surface area contributed by atoms with Gasteiger partial charge in [0.15, 0.2) is 5.75 Å². The van der Waals surface area contributed by atoms with Crippen LogP contribution in [0.25, 0.3) is 0 Å². The van der Waals surface area contributed by atoms with Crippen molar-refractivity contribution in [3.05, 3.63) is 49.1 Å². The number of nitro benzene ring substituents is 1. The zero-order valence-electron chi connectivity index (χ0n) is 10.8. The second-order valence-corrected chi connectivity index (χ2v) is 5.87. The van der Waals surface area contributed by atoms with Crippen molar-refractivity contribution in [3.8, 4) is 5.75 Å². The van der Waals surface area contributed by atoms with Crippen LogP contribution >= 0.6 is 27.3 Å². The normalized spacial score (nSPS) is 10.3. The van der Waals surface area contributed by atoms with E-state index in [0.29, 0.717) is 13.2 Å². The molecule has 0 spiro atoms. The Morgan fingerprint density at radius 1 is 1.45 bits per heavy atom. The lowest BCUT2D eigenvalue weighted by Gasteiger charge is -2.08. The van der Waals surface area contributed by atoms with E-state index in [0.717, 1.165) is 10.2 Å². The molecule has 0 radical (unpaired) electrons. The Labute approximate surface area is 128 Å². The van der Waals surface area contributed by atoms with Gasteiger partial charge in [0.2, 0.25) is 0 Å². The molecule has 2 rings (SSSR count). The van der Waals surface area contributed by atoms with Crippen molar-refractivity contribution in [1.82, 2.24) is 0 Å². The molecule has 0 atom stereocenters. The molecule has 2 aromatic rings. The highest BCUT2D eigenvalue weighted by atomic mass is 79.9. The number of hydrogen-bond acceptors (Lipinski definition) is 5. The number of nitrogens with zero attached hydrogens (tertiary/aromatic N) is 1.